The number of anilines is 1. The predicted molar refractivity (Wildman–Crippen MR) is 128 cm³/mol. The van der Waals surface area contributed by atoms with Crippen LogP contribution in [0.2, 0.25) is 0 Å². The van der Waals surface area contributed by atoms with E-state index in [-0.39, 0.29) is 5.91 Å². The van der Waals surface area contributed by atoms with Gasteiger partial charge in [-0.2, -0.15) is 0 Å². The molecule has 1 fully saturated rings. The number of carbonyl (C=O) groups excluding carboxylic acids is 1. The Morgan fingerprint density at radius 2 is 1.45 bits per heavy atom. The highest BCUT2D eigenvalue weighted by Crippen LogP contribution is 2.24. The van der Waals surface area contributed by atoms with Crippen molar-refractivity contribution in [1.82, 2.24) is 4.90 Å². The van der Waals surface area contributed by atoms with Gasteiger partial charge >= 0.3 is 11.9 Å². The average molecular weight is 455 g/mol. The van der Waals surface area contributed by atoms with Crippen LogP contribution in [0, 0.1) is 5.92 Å². The largest absolute Gasteiger partial charge is 0.473 e. The van der Waals surface area contributed by atoms with Crippen LogP contribution in [0.4, 0.5) is 5.69 Å². The number of likely N-dealkylation sites (tertiary alicyclic amines) is 1. The molecule has 33 heavy (non-hydrogen) atoms. The second kappa shape index (κ2) is 13.4. The van der Waals surface area contributed by atoms with Gasteiger partial charge in [-0.05, 0) is 62.9 Å². The fourth-order valence-corrected chi connectivity index (χ4v) is 4.07. The van der Waals surface area contributed by atoms with Gasteiger partial charge in [0.2, 0.25) is 5.91 Å². The number of carboxylic acid groups (broad SMARTS) is 2. The molecule has 2 aromatic carbocycles. The Morgan fingerprint density at radius 1 is 0.939 bits per heavy atom. The molecule has 7 nitrogen and oxygen atoms in total. The molecule has 0 bridgehead atoms. The van der Waals surface area contributed by atoms with Crippen molar-refractivity contribution in [3.63, 3.8) is 0 Å². The van der Waals surface area contributed by atoms with Crippen LogP contribution in [-0.4, -0.2) is 58.6 Å². The van der Waals surface area contributed by atoms with Crippen LogP contribution in [0.5, 0.6) is 0 Å². The van der Waals surface area contributed by atoms with Gasteiger partial charge in [0.05, 0.1) is 0 Å². The van der Waals surface area contributed by atoms with Crippen LogP contribution < -0.4 is 4.90 Å². The molecular weight excluding hydrogens is 420 g/mol. The lowest BCUT2D eigenvalue weighted by atomic mass is 9.89. The zero-order chi connectivity index (χ0) is 24.2. The van der Waals surface area contributed by atoms with Crippen molar-refractivity contribution in [2.45, 2.75) is 45.6 Å². The Morgan fingerprint density at radius 3 is 1.94 bits per heavy atom. The number of nitrogens with zero attached hydrogens (tertiary/aromatic N) is 2. The minimum Gasteiger partial charge on any atom is -0.473 e. The molecule has 0 saturated carbocycles. The third-order valence-corrected chi connectivity index (χ3v) is 5.94. The van der Waals surface area contributed by atoms with Gasteiger partial charge in [-0.25, -0.2) is 9.59 Å². The maximum absolute atomic E-state index is 12.5. The molecule has 0 radical (unpaired) electrons. The third kappa shape index (κ3) is 8.69. The first-order valence-corrected chi connectivity index (χ1v) is 11.4. The van der Waals surface area contributed by atoms with E-state index in [9.17, 15) is 4.79 Å². The van der Waals surface area contributed by atoms with E-state index in [2.05, 4.69) is 42.2 Å². The third-order valence-electron chi connectivity index (χ3n) is 5.94. The molecule has 2 N–H and O–H groups in total. The van der Waals surface area contributed by atoms with Crippen LogP contribution in [0.1, 0.15) is 38.7 Å². The smallest absolute Gasteiger partial charge is 0.414 e. The number of carboxylic acids is 2. The summed E-state index contributed by atoms with van der Waals surface area (Å²) in [6.07, 6.45) is 4.22. The van der Waals surface area contributed by atoms with Crippen LogP contribution in [0.3, 0.4) is 0 Å². The van der Waals surface area contributed by atoms with E-state index in [1.54, 1.807) is 0 Å². The molecule has 1 saturated heterocycles. The molecule has 1 atom stereocenters. The molecule has 1 unspecified atom stereocenters. The fraction of sp³-hybridized carbons (Fsp3) is 0.423. The van der Waals surface area contributed by atoms with E-state index in [0.717, 1.165) is 31.2 Å². The summed E-state index contributed by atoms with van der Waals surface area (Å²) in [4.78, 5) is 35.2. The number of hydrogen-bond acceptors (Lipinski definition) is 4. The number of amides is 1. The van der Waals surface area contributed by atoms with Gasteiger partial charge in [-0.1, -0.05) is 55.5 Å². The maximum atomic E-state index is 12.5. The molecule has 1 aliphatic heterocycles. The van der Waals surface area contributed by atoms with Crippen molar-refractivity contribution in [2.75, 3.05) is 24.5 Å². The highest BCUT2D eigenvalue weighted by atomic mass is 16.4. The van der Waals surface area contributed by atoms with E-state index in [4.69, 9.17) is 19.8 Å². The first-order chi connectivity index (χ1) is 15.8. The molecule has 1 amide bonds. The van der Waals surface area contributed by atoms with Gasteiger partial charge in [0.1, 0.15) is 0 Å². The van der Waals surface area contributed by atoms with E-state index in [0.29, 0.717) is 12.5 Å². The van der Waals surface area contributed by atoms with E-state index < -0.39 is 11.9 Å². The van der Waals surface area contributed by atoms with Crippen LogP contribution in [0.15, 0.2) is 60.7 Å². The number of carbonyl (C=O) groups is 3. The number of aliphatic carboxylic acids is 2. The van der Waals surface area contributed by atoms with Crippen LogP contribution in [0.25, 0.3) is 0 Å². The topological polar surface area (TPSA) is 98.2 Å². The normalized spacial score (nSPS) is 15.1. The molecule has 2 aromatic rings. The predicted octanol–water partition coefficient (Wildman–Crippen LogP) is 3.93. The molecule has 3 rings (SSSR count). The summed E-state index contributed by atoms with van der Waals surface area (Å²) >= 11 is 0. The monoisotopic (exact) mass is 454 g/mol. The molecule has 1 heterocycles. The number of benzene rings is 2. The fourth-order valence-electron chi connectivity index (χ4n) is 4.07. The van der Waals surface area contributed by atoms with Crippen molar-refractivity contribution in [3.8, 4) is 0 Å². The van der Waals surface area contributed by atoms with Gasteiger partial charge in [0, 0.05) is 24.7 Å². The zero-order valence-corrected chi connectivity index (χ0v) is 19.4. The van der Waals surface area contributed by atoms with Crippen molar-refractivity contribution in [1.29, 1.82) is 0 Å². The number of piperidine rings is 1. The van der Waals surface area contributed by atoms with Gasteiger partial charge in [0.25, 0.3) is 0 Å². The van der Waals surface area contributed by atoms with Gasteiger partial charge in [0.15, 0.2) is 0 Å². The molecule has 178 valence electrons. The van der Waals surface area contributed by atoms with E-state index >= 15 is 0 Å². The Kier molecular flexibility index (Phi) is 10.6. The summed E-state index contributed by atoms with van der Waals surface area (Å²) < 4.78 is 0. The molecule has 1 aliphatic rings. The van der Waals surface area contributed by atoms with Crippen LogP contribution in [-0.2, 0) is 20.8 Å². The summed E-state index contributed by atoms with van der Waals surface area (Å²) in [5.74, 6) is -2.67. The summed E-state index contributed by atoms with van der Waals surface area (Å²) in [6.45, 7) is 7.22. The molecule has 7 heteroatoms. The summed E-state index contributed by atoms with van der Waals surface area (Å²) in [7, 11) is 0. The minimum atomic E-state index is -1.82. The van der Waals surface area contributed by atoms with Crippen molar-refractivity contribution < 1.29 is 24.6 Å². The second-order valence-electron chi connectivity index (χ2n) is 8.32. The van der Waals surface area contributed by atoms with E-state index in [1.165, 1.54) is 24.8 Å². The van der Waals surface area contributed by atoms with Crippen molar-refractivity contribution >= 4 is 23.5 Å². The minimum absolute atomic E-state index is 0.201. The highest BCUT2D eigenvalue weighted by molar-refractivity contribution is 6.27. The maximum Gasteiger partial charge on any atom is 0.414 e. The van der Waals surface area contributed by atoms with Gasteiger partial charge < -0.3 is 15.1 Å². The lowest BCUT2D eigenvalue weighted by Gasteiger charge is -2.38. The number of rotatable bonds is 7. The Balaban J connectivity index is 0.000000569. The second-order valence-corrected chi connectivity index (χ2v) is 8.32. The average Bonchev–Trinajstić information content (AvgIpc) is 2.84. The number of hydrogen-bond donors (Lipinski definition) is 2. The number of para-hydroxylation sites is 1. The first kappa shape index (κ1) is 26.1. The highest BCUT2D eigenvalue weighted by Gasteiger charge is 2.25. The van der Waals surface area contributed by atoms with Gasteiger partial charge in [-0.3, -0.25) is 9.69 Å². The lowest BCUT2D eigenvalue weighted by Crippen LogP contribution is -2.47. The quantitative estimate of drug-likeness (QED) is 0.615. The summed E-state index contributed by atoms with van der Waals surface area (Å²) in [6, 6.07) is 21.3. The lowest BCUT2D eigenvalue weighted by molar-refractivity contribution is -0.159. The van der Waals surface area contributed by atoms with Gasteiger partial charge in [-0.15, -0.1) is 0 Å². The Labute approximate surface area is 195 Å². The zero-order valence-electron chi connectivity index (χ0n) is 19.4. The Bertz CT molecular complexity index is 868. The van der Waals surface area contributed by atoms with Crippen molar-refractivity contribution in [3.05, 3.63) is 66.2 Å². The SMILES string of the molecule is CCC(=O)N(CC(C)N1CCC(Cc2ccccc2)CC1)c1ccccc1.O=C(O)C(=O)O. The molecule has 0 spiro atoms. The van der Waals surface area contributed by atoms with E-state index in [1.807, 2.05) is 42.2 Å². The Hall–Kier alpha value is -3.19. The molecular formula is C26H34N2O5. The molecule has 0 aromatic heterocycles. The van der Waals surface area contributed by atoms with Crippen LogP contribution >= 0.6 is 0 Å². The summed E-state index contributed by atoms with van der Waals surface area (Å²) in [5.41, 5.74) is 2.46. The van der Waals surface area contributed by atoms with Crippen molar-refractivity contribution in [2.24, 2.45) is 5.92 Å². The summed E-state index contributed by atoms with van der Waals surface area (Å²) in [5, 5.41) is 14.8. The standard InChI is InChI=1S/C24H32N2O.C2H2O4/c1-3-24(27)26(23-12-8-5-9-13-23)19-20(2)25-16-14-22(15-17-25)18-21-10-6-4-7-11-21;3-1(4)2(5)6/h4-13,20,22H,3,14-19H2,1-2H3;(H,3,4)(H,5,6). The molecule has 0 aliphatic carbocycles. The first-order valence-electron chi connectivity index (χ1n) is 11.4.